The first-order valence-corrected chi connectivity index (χ1v) is 52.9. The van der Waals surface area contributed by atoms with Gasteiger partial charge in [0.25, 0.3) is 0 Å². The third kappa shape index (κ3) is 82.0. The molecule has 4 aromatic heterocycles. The van der Waals surface area contributed by atoms with Crippen molar-refractivity contribution in [3.8, 4) is 0 Å². The lowest BCUT2D eigenvalue weighted by molar-refractivity contribution is -0.140. The van der Waals surface area contributed by atoms with Gasteiger partial charge in [0.2, 0.25) is 40.7 Å². The molecule has 0 saturated heterocycles. The fourth-order valence-corrected chi connectivity index (χ4v) is 16.5. The number of aromatic nitrogens is 4. The van der Waals surface area contributed by atoms with Gasteiger partial charge in [0, 0.05) is 112 Å². The Balaban J connectivity index is -0.000000779. The molecule has 2 unspecified atom stereocenters. The molecule has 136 heavy (non-hydrogen) atoms. The Morgan fingerprint density at radius 1 is 0.419 bits per heavy atom. The van der Waals surface area contributed by atoms with E-state index in [-0.39, 0.29) is 99.3 Å². The number of carbonyl (C=O) groups is 17. The van der Waals surface area contributed by atoms with Crippen LogP contribution in [0.25, 0.3) is 0 Å². The summed E-state index contributed by atoms with van der Waals surface area (Å²) in [5.41, 5.74) is 11.1. The number of pyridine rings is 4. The van der Waals surface area contributed by atoms with E-state index in [0.717, 1.165) is 31.6 Å². The fourth-order valence-electron chi connectivity index (χ4n) is 7.16. The predicted octanol–water partition coefficient (Wildman–Crippen LogP) is 7.36. The number of aliphatic hydroxyl groups excluding tert-OH is 2. The maximum atomic E-state index is 12.4. The molecule has 7 amide bonds. The molecule has 4 rings (SSSR count). The number of carbonyl (C=O) groups excluding carboxylic acids is 11. The first-order chi connectivity index (χ1) is 64.1. The monoisotopic (exact) mass is 2150 g/mol. The molecule has 0 saturated carbocycles. The van der Waals surface area contributed by atoms with Crippen molar-refractivity contribution in [3.63, 3.8) is 0 Å². The van der Waals surface area contributed by atoms with Crippen LogP contribution in [0.5, 0.6) is 0 Å². The van der Waals surface area contributed by atoms with Gasteiger partial charge in [-0.25, -0.2) is 43.9 Å². The largest absolute Gasteiger partial charge is 0.480 e. The second-order valence-corrected chi connectivity index (χ2v) is 40.2. The van der Waals surface area contributed by atoms with E-state index >= 15 is 0 Å². The van der Waals surface area contributed by atoms with Crippen LogP contribution in [0.3, 0.4) is 0 Å². The molecule has 19 N–H and O–H groups in total. The molecule has 758 valence electrons. The average molecular weight is 2160 g/mol. The van der Waals surface area contributed by atoms with Gasteiger partial charge >= 0.3 is 59.8 Å². The summed E-state index contributed by atoms with van der Waals surface area (Å²) < 4.78 is 19.8. The van der Waals surface area contributed by atoms with E-state index in [9.17, 15) is 86.6 Å². The summed E-state index contributed by atoms with van der Waals surface area (Å²) in [6.45, 7) is 24.0. The van der Waals surface area contributed by atoms with Crippen LogP contribution >= 0.6 is 145 Å². The number of aliphatic hydroxyl groups is 2. The molecule has 0 bridgehead atoms. The van der Waals surface area contributed by atoms with Gasteiger partial charge in [0.05, 0.1) is 13.2 Å². The summed E-state index contributed by atoms with van der Waals surface area (Å²) in [4.78, 5) is 208. The number of nitrogens with zero attached hydrogens (tertiary/aromatic N) is 4. The van der Waals surface area contributed by atoms with Crippen LogP contribution in [0.15, 0.2) is 166 Å². The number of hydrogen-bond acceptors (Lipinski definition) is 41. The lowest BCUT2D eigenvalue weighted by Gasteiger charge is -2.22. The third-order valence-electron chi connectivity index (χ3n) is 13.6. The summed E-state index contributed by atoms with van der Waals surface area (Å²) in [5, 5.41) is 88.0. The molecule has 55 heteroatoms. The second-order valence-electron chi connectivity index (χ2n) is 26.8. The maximum absolute atomic E-state index is 12.4. The second kappa shape index (κ2) is 84.0. The number of esters is 3. The van der Waals surface area contributed by atoms with Crippen LogP contribution in [0, 0.1) is 0 Å². The number of rotatable bonds is 55. The lowest BCUT2D eigenvalue weighted by Crippen LogP contribution is -2.49. The van der Waals surface area contributed by atoms with Gasteiger partial charge < -0.3 is 108 Å². The molecule has 4 aromatic rings. The zero-order valence-electron chi connectivity index (χ0n) is 75.0. The molecular weight excluding hydrogens is 2040 g/mol. The summed E-state index contributed by atoms with van der Waals surface area (Å²) in [5.74, 6) is -9.85. The Bertz CT molecular complexity index is 4280. The van der Waals surface area contributed by atoms with Gasteiger partial charge in [-0.1, -0.05) is 115 Å². The van der Waals surface area contributed by atoms with E-state index in [1.54, 1.807) is 124 Å². The van der Waals surface area contributed by atoms with Crippen molar-refractivity contribution in [2.24, 2.45) is 11.5 Å². The van der Waals surface area contributed by atoms with Crippen LogP contribution in [-0.2, 0) is 95.7 Å². The van der Waals surface area contributed by atoms with E-state index in [1.807, 2.05) is 72.8 Å². The van der Waals surface area contributed by atoms with Gasteiger partial charge in [-0.3, -0.25) is 57.5 Å². The molecule has 0 aliphatic carbocycles. The van der Waals surface area contributed by atoms with Crippen molar-refractivity contribution in [2.75, 3.05) is 98.7 Å². The Morgan fingerprint density at radius 2 is 0.721 bits per heavy atom. The molecule has 6 atom stereocenters. The third-order valence-corrected chi connectivity index (χ3v) is 25.9. The maximum Gasteiger partial charge on any atom is 0.408 e. The number of halogens is 1. The summed E-state index contributed by atoms with van der Waals surface area (Å²) in [6.07, 6.45) is 4.98. The van der Waals surface area contributed by atoms with Gasteiger partial charge in [0.1, 0.15) is 101 Å². The minimum atomic E-state index is -1.41. The topological polar surface area (TPSA) is 677 Å². The number of hydrogen-bond donors (Lipinski definition) is 19. The van der Waals surface area contributed by atoms with Crippen molar-refractivity contribution in [1.82, 2.24) is 57.2 Å². The lowest BCUT2D eigenvalue weighted by atomic mass is 10.1. The van der Waals surface area contributed by atoms with E-state index in [4.69, 9.17) is 77.8 Å². The van der Waals surface area contributed by atoms with Gasteiger partial charge in [-0.05, 0) is 171 Å². The van der Waals surface area contributed by atoms with Crippen LogP contribution in [0.2, 0.25) is 0 Å². The fraction of sp³-hybridized carbons (Fsp3) is 0.444. The van der Waals surface area contributed by atoms with Crippen LogP contribution in [-0.4, -0.2) is 302 Å². The first kappa shape index (κ1) is 133. The number of carboxylic acid groups (broad SMARTS) is 6. The van der Waals surface area contributed by atoms with Crippen molar-refractivity contribution in [1.29, 1.82) is 0 Å². The molecule has 4 heterocycles. The van der Waals surface area contributed by atoms with Crippen molar-refractivity contribution in [2.45, 2.75) is 149 Å². The van der Waals surface area contributed by atoms with E-state index in [1.165, 1.54) is 57.0 Å². The van der Waals surface area contributed by atoms with Crippen molar-refractivity contribution in [3.05, 3.63) is 146 Å². The number of thiol groups is 2. The Labute approximate surface area is 842 Å². The summed E-state index contributed by atoms with van der Waals surface area (Å²) >= 11 is 12.4. The molecule has 0 radical (unpaired) electrons. The minimum Gasteiger partial charge on any atom is -0.480 e. The molecule has 0 aliphatic heterocycles. The van der Waals surface area contributed by atoms with Crippen LogP contribution in [0.1, 0.15) is 87.0 Å². The number of nitrogens with one attached hydrogen (secondary N) is 7. The molecule has 0 aromatic carbocycles. The average Bonchev–Trinajstić information content (AvgIpc) is 0.904. The van der Waals surface area contributed by atoms with Crippen molar-refractivity contribution < 1.29 is 141 Å². The number of carboxylic acids is 6. The van der Waals surface area contributed by atoms with Gasteiger partial charge in [-0.15, -0.1) is 0 Å². The number of amides is 7. The summed E-state index contributed by atoms with van der Waals surface area (Å²) in [6, 6.07) is 16.4. The molecule has 0 fully saturated rings. The highest BCUT2D eigenvalue weighted by Gasteiger charge is 2.29. The van der Waals surface area contributed by atoms with Crippen molar-refractivity contribution >= 4 is 245 Å². The molecule has 42 nitrogen and oxygen atoms in total. The molecular formula is C81H116ClN13O29S12. The Morgan fingerprint density at radius 3 is 0.985 bits per heavy atom. The molecule has 0 aliphatic rings. The zero-order chi connectivity index (χ0) is 104. The highest BCUT2D eigenvalue weighted by atomic mass is 35.5. The normalized spacial score (nSPS) is 11.4. The quantitative estimate of drug-likeness (QED) is 0.00390. The number of allylic oxidation sites excluding steroid dienone is 1. The minimum absolute atomic E-state index is 0.0256. The van der Waals surface area contributed by atoms with Gasteiger partial charge in [-0.2, -0.15) is 25.3 Å². The smallest absolute Gasteiger partial charge is 0.408 e. The molecule has 0 spiro atoms. The van der Waals surface area contributed by atoms with Crippen LogP contribution in [0.4, 0.5) is 4.79 Å². The standard InChI is InChI=1S/C21H33N3O10S2.C16H25N3O8S2.C11H13NO2S2.C10H17N3O6S.C10H8N2S2.C7H9NOS2.C4H5ClO.C2H6OS/c1-12(2)19(31)33-8-9-35-36-11-14(17(28)22-10-16(26)27)23-15(25)7-6-13(18(29)30)24-20(32)34-21(3,4)5;1-9(2)16(26)27-5-6-28-29-8-11(14(23)18-7-13(21)22)19-12(20)4-3-10(17)15(24)25;1-9(2)11(13)14-7-8-15-16-10-5-3-4-6-12-10;11-5(10(18)19)1-2-7(14)13-6(4-20)9(17)12-3-8(15)16;1-3-7-11-9(5-1)13-14-10-6-2-4-8-12-10;9-5-6-10-11-7-3-1-2-4-8-7;1-3(2)4(5)6;3-1-2-4/h13-14H,1,6-11H2,2-5H3,(H,22,28)(H,23,25)(H,24,32)(H,26,27)(H,29,30);10-11H,1,3-8,17H2,2H3,(H,18,23)(H,19,20)(H,21,22)(H,24,25);3-6H,1,7-8H2,2H3;5-6,20H,1-4,11H2,(H,12,17)(H,13,14)(H,15,16)(H,18,19);1-8H;1-4,9H,5-6H2;1H2,2H3;3-4H,1-2H2/t13-,14?;10-,11?;;5-,6-;;;;/m00.0..../s1. The number of aliphatic carboxylic acids is 6. The van der Waals surface area contributed by atoms with E-state index in [2.05, 4.69) is 109 Å². The highest BCUT2D eigenvalue weighted by Crippen LogP contribution is 2.35. The number of alkyl carbamates (subject to hydrolysis) is 1. The predicted molar refractivity (Wildman–Crippen MR) is 537 cm³/mol. The Hall–Kier alpha value is -9.12. The van der Waals surface area contributed by atoms with E-state index < -0.39 is 156 Å². The van der Waals surface area contributed by atoms with E-state index in [0.29, 0.717) is 35.0 Å². The van der Waals surface area contributed by atoms with Crippen LogP contribution < -0.4 is 48.7 Å². The summed E-state index contributed by atoms with van der Waals surface area (Å²) in [7, 11) is 14.6. The SMILES string of the molecule is C=C(C)C(=O)Cl.C=C(C)C(=O)OCCSSCC(NC(=O)CC[C@H](N)C(=O)O)C(=O)NCC(=O)O.C=C(C)C(=O)OCCSSCC(NC(=O)CC[C@H](NC(=O)OC(C)(C)C)C(=O)O)C(=O)NCC(=O)O.C=C(C)C(=O)OCCSSc1ccccn1.N[C@@H](CCC(=O)N[C@@H](CS)C(=O)NCC(=O)O)C(=O)O.OCCS.OCCSSc1ccccn1.c1ccc(SSc2ccccn2)nc1. The number of nitrogens with two attached hydrogens (primary N) is 2. The number of ether oxygens (including phenoxy) is 4. The highest BCUT2D eigenvalue weighted by molar-refractivity contribution is 8.77. The zero-order valence-corrected chi connectivity index (χ0v) is 85.7. The van der Waals surface area contributed by atoms with Gasteiger partial charge in [0.15, 0.2) is 0 Å². The Kier molecular flexibility index (Phi) is 82.2. The first-order valence-electron chi connectivity index (χ1n) is 39.5.